The molecule has 1 rings (SSSR count). The van der Waals surface area contributed by atoms with Crippen molar-refractivity contribution in [3.05, 3.63) is 0 Å². The van der Waals surface area contributed by atoms with E-state index in [0.717, 1.165) is 12.8 Å². The standard InChI is InChI=1S/C11H23NO2/c1-8(13)9(2)14-11-7-5-3-4-6-10(11)12/h8-11,13H,3-7,12H2,1-2H3. The topological polar surface area (TPSA) is 55.5 Å². The van der Waals surface area contributed by atoms with E-state index in [1.807, 2.05) is 6.92 Å². The van der Waals surface area contributed by atoms with Gasteiger partial charge in [-0.25, -0.2) is 0 Å². The summed E-state index contributed by atoms with van der Waals surface area (Å²) in [4.78, 5) is 0. The lowest BCUT2D eigenvalue weighted by Crippen LogP contribution is -2.40. The molecule has 0 spiro atoms. The molecule has 3 heteroatoms. The highest BCUT2D eigenvalue weighted by Crippen LogP contribution is 2.20. The van der Waals surface area contributed by atoms with E-state index in [9.17, 15) is 5.11 Å². The molecule has 0 aromatic carbocycles. The summed E-state index contributed by atoms with van der Waals surface area (Å²) in [5.74, 6) is 0. The molecule has 0 heterocycles. The fourth-order valence-electron chi connectivity index (χ4n) is 1.86. The molecular formula is C11H23NO2. The Labute approximate surface area is 86.6 Å². The van der Waals surface area contributed by atoms with Crippen molar-refractivity contribution < 1.29 is 9.84 Å². The fraction of sp³-hybridized carbons (Fsp3) is 1.00. The number of ether oxygens (including phenoxy) is 1. The number of nitrogens with two attached hydrogens (primary N) is 1. The summed E-state index contributed by atoms with van der Waals surface area (Å²) in [6, 6.07) is 0.152. The number of hydrogen-bond donors (Lipinski definition) is 2. The molecule has 0 amide bonds. The van der Waals surface area contributed by atoms with Crippen molar-refractivity contribution in [2.75, 3.05) is 0 Å². The molecule has 0 saturated heterocycles. The van der Waals surface area contributed by atoms with Crippen LogP contribution in [-0.2, 0) is 4.74 Å². The van der Waals surface area contributed by atoms with Gasteiger partial charge >= 0.3 is 0 Å². The van der Waals surface area contributed by atoms with Gasteiger partial charge in [-0.1, -0.05) is 19.3 Å². The van der Waals surface area contributed by atoms with E-state index >= 15 is 0 Å². The van der Waals surface area contributed by atoms with Gasteiger partial charge in [0.2, 0.25) is 0 Å². The minimum Gasteiger partial charge on any atom is -0.391 e. The van der Waals surface area contributed by atoms with E-state index in [-0.39, 0.29) is 18.2 Å². The maximum absolute atomic E-state index is 9.34. The van der Waals surface area contributed by atoms with Crippen LogP contribution in [0.15, 0.2) is 0 Å². The van der Waals surface area contributed by atoms with Crippen molar-refractivity contribution in [1.82, 2.24) is 0 Å². The van der Waals surface area contributed by atoms with Gasteiger partial charge in [-0.3, -0.25) is 0 Å². The normalized spacial score (nSPS) is 33.4. The van der Waals surface area contributed by atoms with Crippen molar-refractivity contribution in [2.45, 2.75) is 70.3 Å². The van der Waals surface area contributed by atoms with Crippen molar-refractivity contribution in [3.63, 3.8) is 0 Å². The van der Waals surface area contributed by atoms with Gasteiger partial charge in [-0.2, -0.15) is 0 Å². The molecular weight excluding hydrogens is 178 g/mol. The zero-order valence-electron chi connectivity index (χ0n) is 9.28. The Morgan fingerprint density at radius 3 is 2.50 bits per heavy atom. The van der Waals surface area contributed by atoms with Gasteiger partial charge in [-0.05, 0) is 26.7 Å². The lowest BCUT2D eigenvalue weighted by atomic mass is 10.1. The molecule has 3 N–H and O–H groups in total. The zero-order chi connectivity index (χ0) is 10.6. The van der Waals surface area contributed by atoms with E-state index in [0.29, 0.717) is 0 Å². The van der Waals surface area contributed by atoms with Crippen LogP contribution in [0.1, 0.15) is 46.0 Å². The van der Waals surface area contributed by atoms with Crippen LogP contribution in [0, 0.1) is 0 Å². The second-order valence-corrected chi connectivity index (χ2v) is 4.42. The summed E-state index contributed by atoms with van der Waals surface area (Å²) in [7, 11) is 0. The molecule has 0 bridgehead atoms. The van der Waals surface area contributed by atoms with Crippen LogP contribution in [0.2, 0.25) is 0 Å². The Balaban J connectivity index is 2.40. The van der Waals surface area contributed by atoms with Crippen LogP contribution in [0.5, 0.6) is 0 Å². The monoisotopic (exact) mass is 201 g/mol. The van der Waals surface area contributed by atoms with Crippen molar-refractivity contribution >= 4 is 0 Å². The van der Waals surface area contributed by atoms with Crippen LogP contribution >= 0.6 is 0 Å². The van der Waals surface area contributed by atoms with Crippen molar-refractivity contribution in [2.24, 2.45) is 5.73 Å². The number of aliphatic hydroxyl groups excluding tert-OH is 1. The van der Waals surface area contributed by atoms with Gasteiger partial charge < -0.3 is 15.6 Å². The minimum atomic E-state index is -0.412. The maximum Gasteiger partial charge on any atom is 0.0807 e. The quantitative estimate of drug-likeness (QED) is 0.679. The average molecular weight is 201 g/mol. The second kappa shape index (κ2) is 5.69. The molecule has 1 fully saturated rings. The van der Waals surface area contributed by atoms with E-state index in [1.54, 1.807) is 6.92 Å². The van der Waals surface area contributed by atoms with Gasteiger partial charge in [0.25, 0.3) is 0 Å². The Kier molecular flexibility index (Phi) is 4.85. The molecule has 0 aliphatic heterocycles. The first-order valence-corrected chi connectivity index (χ1v) is 5.70. The molecule has 84 valence electrons. The Morgan fingerprint density at radius 1 is 1.21 bits per heavy atom. The maximum atomic E-state index is 9.34. The van der Waals surface area contributed by atoms with E-state index in [4.69, 9.17) is 10.5 Å². The van der Waals surface area contributed by atoms with E-state index < -0.39 is 6.10 Å². The Morgan fingerprint density at radius 2 is 1.86 bits per heavy atom. The summed E-state index contributed by atoms with van der Waals surface area (Å²) in [5, 5.41) is 9.34. The summed E-state index contributed by atoms with van der Waals surface area (Å²) >= 11 is 0. The Bertz CT molecular complexity index is 161. The second-order valence-electron chi connectivity index (χ2n) is 4.42. The van der Waals surface area contributed by atoms with Crippen molar-refractivity contribution in [3.8, 4) is 0 Å². The molecule has 4 atom stereocenters. The molecule has 1 saturated carbocycles. The van der Waals surface area contributed by atoms with Crippen LogP contribution in [-0.4, -0.2) is 29.5 Å². The number of aliphatic hydroxyl groups is 1. The first-order chi connectivity index (χ1) is 6.61. The lowest BCUT2D eigenvalue weighted by molar-refractivity contribution is -0.0714. The highest BCUT2D eigenvalue weighted by atomic mass is 16.5. The third kappa shape index (κ3) is 3.56. The molecule has 0 aromatic rings. The predicted octanol–water partition coefficient (Wildman–Crippen LogP) is 1.43. The molecule has 1 aliphatic carbocycles. The van der Waals surface area contributed by atoms with Crippen LogP contribution in [0.3, 0.4) is 0 Å². The highest BCUT2D eigenvalue weighted by molar-refractivity contribution is 4.78. The van der Waals surface area contributed by atoms with Gasteiger partial charge in [0.1, 0.15) is 0 Å². The highest BCUT2D eigenvalue weighted by Gasteiger charge is 2.24. The van der Waals surface area contributed by atoms with Gasteiger partial charge in [-0.15, -0.1) is 0 Å². The molecule has 14 heavy (non-hydrogen) atoms. The van der Waals surface area contributed by atoms with Crippen LogP contribution < -0.4 is 5.73 Å². The predicted molar refractivity (Wildman–Crippen MR) is 57.1 cm³/mol. The smallest absolute Gasteiger partial charge is 0.0807 e. The largest absolute Gasteiger partial charge is 0.391 e. The molecule has 1 aliphatic rings. The van der Waals surface area contributed by atoms with Gasteiger partial charge in [0.05, 0.1) is 18.3 Å². The summed E-state index contributed by atoms with van der Waals surface area (Å²) in [6.45, 7) is 3.66. The summed E-state index contributed by atoms with van der Waals surface area (Å²) in [5.41, 5.74) is 6.02. The zero-order valence-corrected chi connectivity index (χ0v) is 9.28. The van der Waals surface area contributed by atoms with Gasteiger partial charge in [0, 0.05) is 6.04 Å². The third-order valence-electron chi connectivity index (χ3n) is 3.07. The van der Waals surface area contributed by atoms with Crippen LogP contribution in [0.25, 0.3) is 0 Å². The lowest BCUT2D eigenvalue weighted by Gasteiger charge is -2.27. The first kappa shape index (κ1) is 12.0. The first-order valence-electron chi connectivity index (χ1n) is 5.70. The van der Waals surface area contributed by atoms with Gasteiger partial charge in [0.15, 0.2) is 0 Å². The third-order valence-corrected chi connectivity index (χ3v) is 3.07. The molecule has 0 radical (unpaired) electrons. The minimum absolute atomic E-state index is 0.107. The average Bonchev–Trinajstić information content (AvgIpc) is 2.32. The van der Waals surface area contributed by atoms with E-state index in [1.165, 1.54) is 19.3 Å². The number of rotatable bonds is 3. The number of hydrogen-bond acceptors (Lipinski definition) is 3. The molecule has 3 nitrogen and oxygen atoms in total. The molecule has 4 unspecified atom stereocenters. The Hall–Kier alpha value is -0.120. The summed E-state index contributed by atoms with van der Waals surface area (Å²) in [6.07, 6.45) is 5.39. The fourth-order valence-corrected chi connectivity index (χ4v) is 1.86. The van der Waals surface area contributed by atoms with E-state index in [2.05, 4.69) is 0 Å². The SMILES string of the molecule is CC(O)C(C)OC1CCCCCC1N. The van der Waals surface area contributed by atoms with Crippen molar-refractivity contribution in [1.29, 1.82) is 0 Å². The molecule has 0 aromatic heterocycles. The summed E-state index contributed by atoms with van der Waals surface area (Å²) < 4.78 is 5.77. The van der Waals surface area contributed by atoms with Crippen LogP contribution in [0.4, 0.5) is 0 Å².